The van der Waals surface area contributed by atoms with Gasteiger partial charge in [0.2, 0.25) is 0 Å². The first kappa shape index (κ1) is 17.3. The number of pyridine rings is 1. The van der Waals surface area contributed by atoms with Crippen molar-refractivity contribution in [1.82, 2.24) is 9.88 Å². The molecule has 24 heavy (non-hydrogen) atoms. The SMILES string of the molecule is Cc1ccc(C2=CCC3(CC2)CN(C(=O)OC(C)(C)C)C3)nc1Cl. The van der Waals surface area contributed by atoms with E-state index in [9.17, 15) is 4.79 Å². The van der Waals surface area contributed by atoms with E-state index >= 15 is 0 Å². The van der Waals surface area contributed by atoms with Crippen molar-refractivity contribution in [1.29, 1.82) is 0 Å². The minimum atomic E-state index is -0.435. The van der Waals surface area contributed by atoms with Crippen LogP contribution in [0.5, 0.6) is 0 Å². The molecule has 0 unspecified atom stereocenters. The maximum atomic E-state index is 12.1. The second-order valence-corrected chi connectivity index (χ2v) is 8.43. The second kappa shape index (κ2) is 6.07. The number of aromatic nitrogens is 1. The van der Waals surface area contributed by atoms with E-state index in [2.05, 4.69) is 11.1 Å². The predicted octanol–water partition coefficient (Wildman–Crippen LogP) is 4.85. The van der Waals surface area contributed by atoms with E-state index < -0.39 is 5.60 Å². The third-order valence-corrected chi connectivity index (χ3v) is 5.16. The van der Waals surface area contributed by atoms with E-state index in [0.29, 0.717) is 5.15 Å². The summed E-state index contributed by atoms with van der Waals surface area (Å²) >= 11 is 6.14. The average molecular weight is 349 g/mol. The maximum Gasteiger partial charge on any atom is 0.410 e. The molecule has 1 aliphatic carbocycles. The van der Waals surface area contributed by atoms with Crippen LogP contribution in [0.15, 0.2) is 18.2 Å². The Morgan fingerprint density at radius 3 is 2.58 bits per heavy atom. The van der Waals surface area contributed by atoms with E-state index in [4.69, 9.17) is 16.3 Å². The van der Waals surface area contributed by atoms with Gasteiger partial charge in [-0.2, -0.15) is 0 Å². The Morgan fingerprint density at radius 1 is 1.33 bits per heavy atom. The molecule has 0 N–H and O–H groups in total. The molecule has 1 aromatic heterocycles. The molecule has 130 valence electrons. The molecule has 1 amide bonds. The number of amides is 1. The summed E-state index contributed by atoms with van der Waals surface area (Å²) in [4.78, 5) is 18.4. The molecule has 2 heterocycles. The monoisotopic (exact) mass is 348 g/mol. The quantitative estimate of drug-likeness (QED) is 0.681. The zero-order valence-corrected chi connectivity index (χ0v) is 15.6. The maximum absolute atomic E-state index is 12.1. The smallest absolute Gasteiger partial charge is 0.410 e. The number of allylic oxidation sites excluding steroid dienone is 2. The number of carbonyl (C=O) groups excluding carboxylic acids is 1. The van der Waals surface area contributed by atoms with Gasteiger partial charge < -0.3 is 9.64 Å². The molecule has 4 nitrogen and oxygen atoms in total. The fourth-order valence-electron chi connectivity index (χ4n) is 3.37. The highest BCUT2D eigenvalue weighted by Gasteiger charge is 2.46. The van der Waals surface area contributed by atoms with E-state index in [1.807, 2.05) is 44.7 Å². The van der Waals surface area contributed by atoms with Crippen LogP contribution in [0, 0.1) is 12.3 Å². The Labute approximate surface area is 148 Å². The third kappa shape index (κ3) is 3.59. The van der Waals surface area contributed by atoms with Crippen LogP contribution in [-0.2, 0) is 4.74 Å². The van der Waals surface area contributed by atoms with Crippen molar-refractivity contribution in [3.05, 3.63) is 34.6 Å². The highest BCUT2D eigenvalue weighted by molar-refractivity contribution is 6.30. The number of halogens is 1. The van der Waals surface area contributed by atoms with Crippen LogP contribution in [0.4, 0.5) is 4.79 Å². The second-order valence-electron chi connectivity index (χ2n) is 8.07. The van der Waals surface area contributed by atoms with E-state index in [-0.39, 0.29) is 11.5 Å². The first-order valence-electron chi connectivity index (χ1n) is 8.48. The minimum Gasteiger partial charge on any atom is -0.444 e. The highest BCUT2D eigenvalue weighted by atomic mass is 35.5. The molecule has 2 aliphatic rings. The van der Waals surface area contributed by atoms with Gasteiger partial charge in [-0.25, -0.2) is 9.78 Å². The Balaban J connectivity index is 1.60. The van der Waals surface area contributed by atoms with Crippen LogP contribution < -0.4 is 0 Å². The van der Waals surface area contributed by atoms with Crippen LogP contribution in [-0.4, -0.2) is 34.7 Å². The van der Waals surface area contributed by atoms with Crippen molar-refractivity contribution < 1.29 is 9.53 Å². The molecule has 5 heteroatoms. The van der Waals surface area contributed by atoms with Gasteiger partial charge in [-0.1, -0.05) is 23.7 Å². The van der Waals surface area contributed by atoms with Gasteiger partial charge in [0.1, 0.15) is 10.8 Å². The lowest BCUT2D eigenvalue weighted by atomic mass is 9.69. The summed E-state index contributed by atoms with van der Waals surface area (Å²) in [5.74, 6) is 0. The summed E-state index contributed by atoms with van der Waals surface area (Å²) in [6.45, 7) is 9.23. The highest BCUT2D eigenvalue weighted by Crippen LogP contribution is 2.45. The molecule has 1 spiro atoms. The largest absolute Gasteiger partial charge is 0.444 e. The van der Waals surface area contributed by atoms with E-state index in [1.165, 1.54) is 5.57 Å². The minimum absolute atomic E-state index is 0.199. The third-order valence-electron chi connectivity index (χ3n) is 4.77. The van der Waals surface area contributed by atoms with Crippen LogP contribution in [0.1, 0.15) is 51.3 Å². The van der Waals surface area contributed by atoms with E-state index in [1.54, 1.807) is 0 Å². The lowest BCUT2D eigenvalue weighted by molar-refractivity contribution is -0.0371. The number of ether oxygens (including phenoxy) is 1. The lowest BCUT2D eigenvalue weighted by Crippen LogP contribution is -2.59. The number of likely N-dealkylation sites (tertiary alicyclic amines) is 1. The van der Waals surface area contributed by atoms with Crippen molar-refractivity contribution in [2.75, 3.05) is 13.1 Å². The molecule has 1 aliphatic heterocycles. The normalized spacial score (nSPS) is 19.7. The fourth-order valence-corrected chi connectivity index (χ4v) is 3.52. The Hall–Kier alpha value is -1.55. The van der Waals surface area contributed by atoms with Gasteiger partial charge in [0.05, 0.1) is 5.69 Å². The molecular formula is C19H25ClN2O2. The number of hydrogen-bond donors (Lipinski definition) is 0. The zero-order valence-electron chi connectivity index (χ0n) is 14.9. The molecule has 3 rings (SSSR count). The zero-order chi connectivity index (χ0) is 17.5. The van der Waals surface area contributed by atoms with Crippen molar-refractivity contribution in [3.63, 3.8) is 0 Å². The average Bonchev–Trinajstić information content (AvgIpc) is 2.46. The molecule has 0 radical (unpaired) electrons. The first-order chi connectivity index (χ1) is 11.2. The van der Waals surface area contributed by atoms with Crippen LogP contribution in [0.2, 0.25) is 5.15 Å². The number of aryl methyl sites for hydroxylation is 1. The Kier molecular flexibility index (Phi) is 4.37. The van der Waals surface area contributed by atoms with Crippen LogP contribution in [0.3, 0.4) is 0 Å². The van der Waals surface area contributed by atoms with Gasteiger partial charge in [-0.05, 0) is 64.2 Å². The van der Waals surface area contributed by atoms with Crippen molar-refractivity contribution in [2.24, 2.45) is 5.41 Å². The summed E-state index contributed by atoms with van der Waals surface area (Å²) in [6, 6.07) is 4.06. The summed E-state index contributed by atoms with van der Waals surface area (Å²) < 4.78 is 5.44. The van der Waals surface area contributed by atoms with E-state index in [0.717, 1.165) is 43.6 Å². The topological polar surface area (TPSA) is 42.4 Å². The van der Waals surface area contributed by atoms with Gasteiger partial charge in [0, 0.05) is 18.5 Å². The first-order valence-corrected chi connectivity index (χ1v) is 8.86. The Morgan fingerprint density at radius 2 is 2.04 bits per heavy atom. The van der Waals surface area contributed by atoms with Gasteiger partial charge in [0.25, 0.3) is 0 Å². The van der Waals surface area contributed by atoms with Gasteiger partial charge >= 0.3 is 6.09 Å². The molecule has 1 aromatic rings. The molecule has 0 aromatic carbocycles. The van der Waals surface area contributed by atoms with Crippen molar-refractivity contribution >= 4 is 23.3 Å². The number of nitrogens with zero attached hydrogens (tertiary/aromatic N) is 2. The molecule has 0 saturated carbocycles. The van der Waals surface area contributed by atoms with Gasteiger partial charge in [-0.3, -0.25) is 0 Å². The molecule has 0 atom stereocenters. The number of carbonyl (C=O) groups is 1. The standard InChI is InChI=1S/C19H25ClN2O2/c1-13-5-6-15(21-16(13)20)14-7-9-19(10-8-14)11-22(12-19)17(23)24-18(2,3)4/h5-7H,8-12H2,1-4H3. The molecular weight excluding hydrogens is 324 g/mol. The number of rotatable bonds is 1. The summed E-state index contributed by atoms with van der Waals surface area (Å²) in [7, 11) is 0. The van der Waals surface area contributed by atoms with Gasteiger partial charge in [-0.15, -0.1) is 0 Å². The number of hydrogen-bond acceptors (Lipinski definition) is 3. The Bertz CT molecular complexity index is 685. The molecule has 0 bridgehead atoms. The lowest BCUT2D eigenvalue weighted by Gasteiger charge is -2.51. The summed E-state index contributed by atoms with van der Waals surface area (Å²) in [5.41, 5.74) is 3.02. The van der Waals surface area contributed by atoms with Crippen molar-refractivity contribution in [3.8, 4) is 0 Å². The van der Waals surface area contributed by atoms with Crippen molar-refractivity contribution in [2.45, 2.75) is 52.6 Å². The fraction of sp³-hybridized carbons (Fsp3) is 0.579. The molecule has 1 saturated heterocycles. The summed E-state index contributed by atoms with van der Waals surface area (Å²) in [5, 5.41) is 0.577. The van der Waals surface area contributed by atoms with Crippen LogP contribution in [0.25, 0.3) is 5.57 Å². The molecule has 1 fully saturated rings. The predicted molar refractivity (Wildman–Crippen MR) is 96.1 cm³/mol. The van der Waals surface area contributed by atoms with Crippen LogP contribution >= 0.6 is 11.6 Å². The summed E-state index contributed by atoms with van der Waals surface area (Å²) in [6.07, 6.45) is 5.10. The van der Waals surface area contributed by atoms with Gasteiger partial charge in [0.15, 0.2) is 0 Å².